The molecule has 3 aromatic rings. The number of carbonyl (C=O) groups is 1. The maximum absolute atomic E-state index is 13.5. The average molecular weight is 544 g/mol. The third-order valence-corrected chi connectivity index (χ3v) is 9.28. The van der Waals surface area contributed by atoms with E-state index in [0.29, 0.717) is 35.8 Å². The summed E-state index contributed by atoms with van der Waals surface area (Å²) in [4.78, 5) is 42.8. The number of likely N-dealkylation sites (N-methyl/N-ethyl adjacent to an activating group) is 1. The van der Waals surface area contributed by atoms with Gasteiger partial charge in [0.15, 0.2) is 5.78 Å². The highest BCUT2D eigenvalue weighted by Crippen LogP contribution is 2.38. The highest BCUT2D eigenvalue weighted by atomic mass is 16.5. The Morgan fingerprint density at radius 3 is 2.62 bits per heavy atom. The normalized spacial score (nSPS) is 22.1. The fraction of sp³-hybridized carbons (Fsp3) is 0.533. The van der Waals surface area contributed by atoms with Crippen molar-refractivity contribution in [3.05, 3.63) is 45.9 Å². The van der Waals surface area contributed by atoms with Gasteiger partial charge in [-0.2, -0.15) is 4.98 Å². The monoisotopic (exact) mass is 543 g/mol. The Morgan fingerprint density at radius 1 is 1.07 bits per heavy atom. The van der Waals surface area contributed by atoms with Crippen LogP contribution >= 0.6 is 0 Å². The van der Waals surface area contributed by atoms with Crippen LogP contribution in [0.1, 0.15) is 54.6 Å². The lowest BCUT2D eigenvalue weighted by molar-refractivity contribution is 0.0324. The molecule has 2 saturated heterocycles. The Kier molecular flexibility index (Phi) is 6.27. The van der Waals surface area contributed by atoms with Crippen molar-refractivity contribution in [2.75, 3.05) is 56.6 Å². The molecule has 3 aliphatic heterocycles. The first-order valence-corrected chi connectivity index (χ1v) is 14.5. The number of ketones is 1. The highest BCUT2D eigenvalue weighted by molar-refractivity contribution is 5.99. The largest absolute Gasteiger partial charge is 0.489 e. The summed E-state index contributed by atoms with van der Waals surface area (Å²) in [6.07, 6.45) is 5.70. The second kappa shape index (κ2) is 9.85. The molecule has 3 fully saturated rings. The van der Waals surface area contributed by atoms with Crippen molar-refractivity contribution in [3.63, 3.8) is 0 Å². The minimum absolute atomic E-state index is 0.0483. The molecule has 1 saturated carbocycles. The molecule has 0 spiro atoms. The zero-order chi connectivity index (χ0) is 27.5. The molecular weight excluding hydrogens is 506 g/mol. The molecule has 1 aliphatic carbocycles. The van der Waals surface area contributed by atoms with Gasteiger partial charge in [-0.15, -0.1) is 0 Å². The fourth-order valence-corrected chi connectivity index (χ4v) is 7.14. The van der Waals surface area contributed by atoms with Crippen molar-refractivity contribution in [1.82, 2.24) is 24.3 Å². The van der Waals surface area contributed by atoms with Crippen LogP contribution in [-0.2, 0) is 0 Å². The summed E-state index contributed by atoms with van der Waals surface area (Å²) in [6, 6.07) is 7.26. The van der Waals surface area contributed by atoms with E-state index in [4.69, 9.17) is 9.72 Å². The molecule has 210 valence electrons. The number of piperazine rings is 1. The smallest absolute Gasteiger partial charge is 0.263 e. The van der Waals surface area contributed by atoms with E-state index in [1.165, 1.54) is 6.92 Å². The number of aromatic nitrogens is 3. The Labute approximate surface area is 233 Å². The van der Waals surface area contributed by atoms with E-state index in [2.05, 4.69) is 38.1 Å². The minimum atomic E-state index is -0.241. The Morgan fingerprint density at radius 2 is 1.88 bits per heavy atom. The lowest BCUT2D eigenvalue weighted by Crippen LogP contribution is -2.65. The number of rotatable bonds is 5. The van der Waals surface area contributed by atoms with Crippen LogP contribution in [0.25, 0.3) is 11.0 Å². The van der Waals surface area contributed by atoms with Gasteiger partial charge in [0.2, 0.25) is 5.95 Å². The maximum Gasteiger partial charge on any atom is 0.263 e. The van der Waals surface area contributed by atoms with E-state index < -0.39 is 0 Å². The molecule has 1 atom stereocenters. The van der Waals surface area contributed by atoms with Crippen LogP contribution in [0.2, 0.25) is 0 Å². The first-order valence-electron chi connectivity index (χ1n) is 14.5. The standard InChI is InChI=1S/C30H37N7O3/c1-18-24-13-31-30(33-28(24)37(21-6-4-5-7-21)29(39)27(18)19(2)38)32-20-8-9-25-26(12-20)40-17-23-16-35(10-11-36(23)25)22-14-34(3)15-22/h8-9,12-13,21-23H,4-7,10-11,14-17H2,1-3H3,(H,31,32,33)/t23-/m1/s1. The van der Waals surface area contributed by atoms with Gasteiger partial charge in [-0.05, 0) is 51.4 Å². The summed E-state index contributed by atoms with van der Waals surface area (Å²) >= 11 is 0. The minimum Gasteiger partial charge on any atom is -0.489 e. The van der Waals surface area contributed by atoms with Crippen LogP contribution in [0.3, 0.4) is 0 Å². The van der Waals surface area contributed by atoms with Gasteiger partial charge >= 0.3 is 0 Å². The van der Waals surface area contributed by atoms with Gasteiger partial charge in [0.05, 0.1) is 17.3 Å². The number of carbonyl (C=O) groups excluding carboxylic acids is 1. The molecule has 0 radical (unpaired) electrons. The molecule has 5 heterocycles. The predicted octanol–water partition coefficient (Wildman–Crippen LogP) is 3.36. The molecule has 40 heavy (non-hydrogen) atoms. The van der Waals surface area contributed by atoms with Crippen molar-refractivity contribution in [1.29, 1.82) is 0 Å². The van der Waals surface area contributed by atoms with E-state index in [0.717, 1.165) is 80.9 Å². The highest BCUT2D eigenvalue weighted by Gasteiger charge is 2.38. The number of nitrogens with zero attached hydrogens (tertiary/aromatic N) is 6. The fourth-order valence-electron chi connectivity index (χ4n) is 7.14. The van der Waals surface area contributed by atoms with Gasteiger partial charge in [-0.25, -0.2) is 4.98 Å². The summed E-state index contributed by atoms with van der Waals surface area (Å²) in [5, 5.41) is 4.08. The quantitative estimate of drug-likeness (QED) is 0.486. The van der Waals surface area contributed by atoms with Gasteiger partial charge in [-0.1, -0.05) is 12.8 Å². The molecule has 7 rings (SSSR count). The number of pyridine rings is 1. The number of fused-ring (bicyclic) bond motifs is 4. The van der Waals surface area contributed by atoms with Crippen molar-refractivity contribution >= 4 is 34.1 Å². The van der Waals surface area contributed by atoms with Crippen molar-refractivity contribution in [3.8, 4) is 5.75 Å². The second-order valence-corrected chi connectivity index (χ2v) is 11.9. The maximum atomic E-state index is 13.5. The molecule has 0 amide bonds. The van der Waals surface area contributed by atoms with E-state index >= 15 is 0 Å². The second-order valence-electron chi connectivity index (χ2n) is 11.9. The topological polar surface area (TPSA) is 95.8 Å². The number of Topliss-reactive ketones (excluding diaryl/α,β-unsaturated/α-hetero) is 1. The summed E-state index contributed by atoms with van der Waals surface area (Å²) in [5.41, 5.74) is 3.21. The number of hydrogen-bond donors (Lipinski definition) is 1. The molecule has 4 aliphatic rings. The third-order valence-electron chi connectivity index (χ3n) is 9.28. The molecule has 10 heteroatoms. The molecular formula is C30H37N7O3. The van der Waals surface area contributed by atoms with E-state index in [9.17, 15) is 9.59 Å². The van der Waals surface area contributed by atoms with Crippen LogP contribution in [-0.4, -0.2) is 88.6 Å². The number of benzene rings is 1. The number of ether oxygens (including phenoxy) is 1. The van der Waals surface area contributed by atoms with Gasteiger partial charge in [0.1, 0.15) is 18.0 Å². The summed E-state index contributed by atoms with van der Waals surface area (Å²) in [5.74, 6) is 1.07. The zero-order valence-electron chi connectivity index (χ0n) is 23.5. The van der Waals surface area contributed by atoms with Crippen LogP contribution in [0.4, 0.5) is 17.3 Å². The van der Waals surface area contributed by atoms with Crippen molar-refractivity contribution in [2.24, 2.45) is 0 Å². The Hall–Kier alpha value is -3.50. The van der Waals surface area contributed by atoms with Crippen LogP contribution in [0.15, 0.2) is 29.2 Å². The van der Waals surface area contributed by atoms with Crippen molar-refractivity contribution < 1.29 is 9.53 Å². The van der Waals surface area contributed by atoms with Gasteiger partial charge < -0.3 is 19.9 Å². The third kappa shape index (κ3) is 4.25. The van der Waals surface area contributed by atoms with E-state index in [1.807, 2.05) is 19.1 Å². The first kappa shape index (κ1) is 25.5. The lowest BCUT2D eigenvalue weighted by atomic mass is 10.0. The summed E-state index contributed by atoms with van der Waals surface area (Å²) in [6.45, 7) is 9.38. The SMILES string of the molecule is CC(=O)c1c(C)c2cnc(Nc3ccc4c(c3)OC[C@H]3CN(C5CN(C)C5)CCN43)nc2n(C2CCCC2)c1=O. The molecule has 10 nitrogen and oxygen atoms in total. The molecule has 0 bridgehead atoms. The predicted molar refractivity (Wildman–Crippen MR) is 155 cm³/mol. The lowest BCUT2D eigenvalue weighted by Gasteiger charge is -2.51. The molecule has 1 aromatic carbocycles. The van der Waals surface area contributed by atoms with Crippen LogP contribution in [0, 0.1) is 6.92 Å². The van der Waals surface area contributed by atoms with Crippen LogP contribution < -0.4 is 20.5 Å². The summed E-state index contributed by atoms with van der Waals surface area (Å²) in [7, 11) is 2.18. The Balaban J connectivity index is 1.16. The first-order chi connectivity index (χ1) is 19.4. The van der Waals surface area contributed by atoms with Gasteiger partial charge in [0.25, 0.3) is 5.56 Å². The van der Waals surface area contributed by atoms with E-state index in [1.54, 1.807) is 10.8 Å². The zero-order valence-corrected chi connectivity index (χ0v) is 23.5. The molecule has 0 unspecified atom stereocenters. The number of anilines is 3. The molecule has 2 aromatic heterocycles. The average Bonchev–Trinajstić information content (AvgIpc) is 3.45. The van der Waals surface area contributed by atoms with Gasteiger partial charge in [0, 0.05) is 68.1 Å². The van der Waals surface area contributed by atoms with Crippen molar-refractivity contribution in [2.45, 2.75) is 57.7 Å². The number of likely N-dealkylation sites (tertiary alicyclic amines) is 1. The number of aryl methyl sites for hydroxylation is 1. The molecule has 1 N–H and O–H groups in total. The van der Waals surface area contributed by atoms with Gasteiger partial charge in [-0.3, -0.25) is 19.1 Å². The summed E-state index contributed by atoms with van der Waals surface area (Å²) < 4.78 is 8.01. The Bertz CT molecular complexity index is 1540. The van der Waals surface area contributed by atoms with Crippen LogP contribution in [0.5, 0.6) is 5.75 Å². The number of nitrogens with one attached hydrogen (secondary N) is 1. The van der Waals surface area contributed by atoms with E-state index in [-0.39, 0.29) is 22.9 Å². The number of hydrogen-bond acceptors (Lipinski definition) is 9.